The first kappa shape index (κ1) is 49.9. The molecule has 9 heteroatoms. The zero-order valence-electron chi connectivity index (χ0n) is 34.3. The number of aliphatic hydroxyl groups excluding tert-OH is 5. The first-order valence-electron chi connectivity index (χ1n) is 22.4. The summed E-state index contributed by atoms with van der Waals surface area (Å²) in [5.74, 6) is -0.189. The molecule has 1 fully saturated rings. The summed E-state index contributed by atoms with van der Waals surface area (Å²) in [6.45, 7) is 3.68. The average Bonchev–Trinajstić information content (AvgIpc) is 3.16. The van der Waals surface area contributed by atoms with Crippen molar-refractivity contribution >= 4 is 5.91 Å². The van der Waals surface area contributed by atoms with Crippen LogP contribution in [-0.4, -0.2) is 87.5 Å². The lowest BCUT2D eigenvalue weighted by Gasteiger charge is -2.40. The topological polar surface area (TPSA) is 149 Å². The summed E-state index contributed by atoms with van der Waals surface area (Å²) in [7, 11) is 0. The highest BCUT2D eigenvalue weighted by molar-refractivity contribution is 5.76. The Morgan fingerprint density at radius 2 is 1.04 bits per heavy atom. The molecular formula is C44H85NO8. The van der Waals surface area contributed by atoms with Crippen molar-refractivity contribution in [3.8, 4) is 0 Å². The third kappa shape index (κ3) is 26.4. The van der Waals surface area contributed by atoms with E-state index in [9.17, 15) is 30.3 Å². The summed E-state index contributed by atoms with van der Waals surface area (Å²) in [6.07, 6.45) is 33.2. The van der Waals surface area contributed by atoms with Crippen LogP contribution in [0.5, 0.6) is 0 Å². The molecule has 0 aromatic carbocycles. The zero-order chi connectivity index (χ0) is 38.8. The van der Waals surface area contributed by atoms with Gasteiger partial charge in [0.25, 0.3) is 0 Å². The van der Waals surface area contributed by atoms with Gasteiger partial charge in [0, 0.05) is 6.42 Å². The van der Waals surface area contributed by atoms with Crippen molar-refractivity contribution in [3.63, 3.8) is 0 Å². The Kier molecular flexibility index (Phi) is 33.3. The molecule has 0 aromatic heterocycles. The molecule has 0 aromatic rings. The number of hydrogen-bond acceptors (Lipinski definition) is 8. The van der Waals surface area contributed by atoms with Crippen molar-refractivity contribution in [2.75, 3.05) is 13.2 Å². The molecule has 0 aliphatic carbocycles. The standard InChI is InChI=1S/C44H85NO8/c1-3-5-7-9-10-11-12-13-14-15-16-17-18-19-20-21-22-23-24-25-26-27-28-30-31-33-38(47)37(45-40(48)34-32-29-8-6-4-2)36-52-44-43(51)42(50)41(49)39(35-46)53-44/h31,33,37-39,41-44,46-47,49-51H,3-30,32,34-36H2,1-2H3,(H,45,48)/b33-31+. The second-order valence-electron chi connectivity index (χ2n) is 15.9. The SMILES string of the molecule is CCCCCCCCCCCCCCCCCCCCCCCCC/C=C/C(O)C(COC1OC(CO)C(O)C(O)C1O)NC(=O)CCCCCCC. The minimum Gasteiger partial charge on any atom is -0.394 e. The van der Waals surface area contributed by atoms with Gasteiger partial charge >= 0.3 is 0 Å². The fourth-order valence-corrected chi connectivity index (χ4v) is 7.21. The number of carbonyl (C=O) groups excluding carboxylic acids is 1. The van der Waals surface area contributed by atoms with E-state index in [1.165, 1.54) is 135 Å². The lowest BCUT2D eigenvalue weighted by atomic mass is 9.99. The summed E-state index contributed by atoms with van der Waals surface area (Å²) in [5.41, 5.74) is 0. The quantitative estimate of drug-likeness (QED) is 0.0272. The van der Waals surface area contributed by atoms with Crippen molar-refractivity contribution in [2.24, 2.45) is 0 Å². The highest BCUT2D eigenvalue weighted by Gasteiger charge is 2.44. The van der Waals surface area contributed by atoms with Crippen LogP contribution < -0.4 is 5.32 Å². The molecule has 1 amide bonds. The average molecular weight is 756 g/mol. The van der Waals surface area contributed by atoms with E-state index in [0.717, 1.165) is 51.4 Å². The first-order chi connectivity index (χ1) is 25.8. The summed E-state index contributed by atoms with van der Waals surface area (Å²) in [4.78, 5) is 12.7. The summed E-state index contributed by atoms with van der Waals surface area (Å²) >= 11 is 0. The molecule has 1 aliphatic heterocycles. The van der Waals surface area contributed by atoms with Crippen LogP contribution >= 0.6 is 0 Å². The second-order valence-corrected chi connectivity index (χ2v) is 15.9. The van der Waals surface area contributed by atoms with Gasteiger partial charge in [0.1, 0.15) is 24.4 Å². The maximum atomic E-state index is 12.7. The minimum absolute atomic E-state index is 0.185. The normalized spacial score (nSPS) is 21.7. The van der Waals surface area contributed by atoms with Crippen LogP contribution in [0.2, 0.25) is 0 Å². The fourth-order valence-electron chi connectivity index (χ4n) is 7.21. The predicted molar refractivity (Wildman–Crippen MR) is 217 cm³/mol. The van der Waals surface area contributed by atoms with E-state index in [1.807, 2.05) is 6.08 Å². The smallest absolute Gasteiger partial charge is 0.220 e. The van der Waals surface area contributed by atoms with Gasteiger partial charge in [-0.2, -0.15) is 0 Å². The molecule has 1 heterocycles. The molecule has 53 heavy (non-hydrogen) atoms. The summed E-state index contributed by atoms with van der Waals surface area (Å²) < 4.78 is 11.1. The zero-order valence-corrected chi connectivity index (χ0v) is 34.3. The highest BCUT2D eigenvalue weighted by Crippen LogP contribution is 2.23. The van der Waals surface area contributed by atoms with Crippen LogP contribution in [0, 0.1) is 0 Å². The first-order valence-corrected chi connectivity index (χ1v) is 22.4. The molecule has 314 valence electrons. The van der Waals surface area contributed by atoms with Gasteiger partial charge in [-0.25, -0.2) is 0 Å². The van der Waals surface area contributed by atoms with E-state index < -0.39 is 49.5 Å². The highest BCUT2D eigenvalue weighted by atomic mass is 16.7. The van der Waals surface area contributed by atoms with Gasteiger partial charge in [-0.1, -0.05) is 193 Å². The van der Waals surface area contributed by atoms with E-state index in [1.54, 1.807) is 6.08 Å². The fraction of sp³-hybridized carbons (Fsp3) is 0.932. The lowest BCUT2D eigenvalue weighted by molar-refractivity contribution is -0.302. The van der Waals surface area contributed by atoms with Gasteiger partial charge in [-0.15, -0.1) is 0 Å². The van der Waals surface area contributed by atoms with Crippen molar-refractivity contribution < 1.29 is 39.8 Å². The molecule has 0 bridgehead atoms. The molecule has 0 saturated carbocycles. The second kappa shape index (κ2) is 35.4. The van der Waals surface area contributed by atoms with Gasteiger partial charge in [0.05, 0.1) is 25.4 Å². The van der Waals surface area contributed by atoms with E-state index >= 15 is 0 Å². The molecule has 0 radical (unpaired) electrons. The molecule has 7 atom stereocenters. The van der Waals surface area contributed by atoms with Crippen LogP contribution in [0.4, 0.5) is 0 Å². The summed E-state index contributed by atoms with van der Waals surface area (Å²) in [5, 5.41) is 53.8. The van der Waals surface area contributed by atoms with Crippen LogP contribution in [0.15, 0.2) is 12.2 Å². The Hall–Kier alpha value is -1.07. The number of hydrogen-bond donors (Lipinski definition) is 6. The van der Waals surface area contributed by atoms with Crippen LogP contribution in [0.25, 0.3) is 0 Å². The molecule has 0 spiro atoms. The molecule has 6 N–H and O–H groups in total. The Labute approximate surface area is 325 Å². The Balaban J connectivity index is 2.17. The molecular weight excluding hydrogens is 670 g/mol. The van der Waals surface area contributed by atoms with E-state index in [4.69, 9.17) is 9.47 Å². The summed E-state index contributed by atoms with van der Waals surface area (Å²) in [6, 6.07) is -0.795. The van der Waals surface area contributed by atoms with Crippen molar-refractivity contribution in [2.45, 2.75) is 249 Å². The van der Waals surface area contributed by atoms with Crippen LogP contribution in [0.3, 0.4) is 0 Å². The molecule has 7 unspecified atom stereocenters. The van der Waals surface area contributed by atoms with Crippen molar-refractivity contribution in [1.82, 2.24) is 5.32 Å². The number of allylic oxidation sites excluding steroid dienone is 1. The molecule has 1 saturated heterocycles. The minimum atomic E-state index is -1.56. The van der Waals surface area contributed by atoms with Crippen LogP contribution in [-0.2, 0) is 14.3 Å². The Morgan fingerprint density at radius 1 is 0.623 bits per heavy atom. The Bertz CT molecular complexity index is 842. The number of carbonyl (C=O) groups is 1. The van der Waals surface area contributed by atoms with Crippen molar-refractivity contribution in [3.05, 3.63) is 12.2 Å². The Morgan fingerprint density at radius 3 is 1.47 bits per heavy atom. The third-order valence-electron chi connectivity index (χ3n) is 10.9. The third-order valence-corrected chi connectivity index (χ3v) is 10.9. The largest absolute Gasteiger partial charge is 0.394 e. The van der Waals surface area contributed by atoms with Gasteiger partial charge in [-0.05, 0) is 19.3 Å². The monoisotopic (exact) mass is 756 g/mol. The van der Waals surface area contributed by atoms with Crippen LogP contribution in [0.1, 0.15) is 206 Å². The van der Waals surface area contributed by atoms with Gasteiger partial charge < -0.3 is 40.3 Å². The maximum absolute atomic E-state index is 12.7. The van der Waals surface area contributed by atoms with Gasteiger partial charge in [0.15, 0.2) is 6.29 Å². The number of aliphatic hydroxyl groups is 5. The number of amides is 1. The molecule has 1 aliphatic rings. The number of unbranched alkanes of at least 4 members (excludes halogenated alkanes) is 27. The number of rotatable bonds is 37. The predicted octanol–water partition coefficient (Wildman–Crippen LogP) is 8.95. The molecule has 9 nitrogen and oxygen atoms in total. The molecule has 1 rings (SSSR count). The lowest BCUT2D eigenvalue weighted by Crippen LogP contribution is -2.60. The number of nitrogens with one attached hydrogen (secondary N) is 1. The van der Waals surface area contributed by atoms with Gasteiger partial charge in [-0.3, -0.25) is 4.79 Å². The van der Waals surface area contributed by atoms with E-state index in [0.29, 0.717) is 6.42 Å². The van der Waals surface area contributed by atoms with Gasteiger partial charge in [0.2, 0.25) is 5.91 Å². The van der Waals surface area contributed by atoms with E-state index in [-0.39, 0.29) is 12.5 Å². The van der Waals surface area contributed by atoms with Crippen molar-refractivity contribution in [1.29, 1.82) is 0 Å². The maximum Gasteiger partial charge on any atom is 0.220 e. The van der Waals surface area contributed by atoms with E-state index in [2.05, 4.69) is 19.2 Å². The number of ether oxygens (including phenoxy) is 2.